The number of rotatable bonds is 11. The van der Waals surface area contributed by atoms with Crippen molar-refractivity contribution in [2.45, 2.75) is 38.1 Å². The van der Waals surface area contributed by atoms with Gasteiger partial charge in [-0.15, -0.1) is 11.3 Å². The van der Waals surface area contributed by atoms with Crippen molar-refractivity contribution in [1.29, 1.82) is 5.41 Å². The average molecular weight is 598 g/mol. The maximum Gasteiger partial charge on any atom is 0.345 e. The summed E-state index contributed by atoms with van der Waals surface area (Å²) in [6, 6.07) is 14.7. The van der Waals surface area contributed by atoms with Gasteiger partial charge >= 0.3 is 6.61 Å². The molecule has 0 aliphatic carbocycles. The van der Waals surface area contributed by atoms with Crippen LogP contribution in [0, 0.1) is 5.41 Å². The van der Waals surface area contributed by atoms with Crippen molar-refractivity contribution in [3.8, 4) is 0 Å². The smallest absolute Gasteiger partial charge is 0.345 e. The number of nitrogens with two attached hydrogens (primary N) is 1. The van der Waals surface area contributed by atoms with Crippen LogP contribution in [0.5, 0.6) is 0 Å². The minimum Gasteiger partial charge on any atom is -0.384 e. The number of carbonyl (C=O) groups is 4. The number of alkyl halides is 2. The van der Waals surface area contributed by atoms with E-state index in [4.69, 9.17) is 11.1 Å². The lowest BCUT2D eigenvalue weighted by molar-refractivity contribution is -0.160. The normalized spacial score (nSPS) is 17.1. The number of likely N-dealkylation sites (tertiary alicyclic amines) is 1. The molecule has 3 amide bonds. The van der Waals surface area contributed by atoms with Crippen molar-refractivity contribution in [3.63, 3.8) is 0 Å². The Kier molecular flexibility index (Phi) is 9.76. The number of benzene rings is 2. The van der Waals surface area contributed by atoms with Gasteiger partial charge in [-0.2, -0.15) is 8.78 Å². The van der Waals surface area contributed by atoms with E-state index in [1.54, 1.807) is 48.7 Å². The molecule has 42 heavy (non-hydrogen) atoms. The molecule has 4 rings (SSSR count). The molecule has 3 atom stereocenters. The van der Waals surface area contributed by atoms with Crippen molar-refractivity contribution < 1.29 is 32.7 Å². The zero-order valence-corrected chi connectivity index (χ0v) is 23.3. The molecule has 0 radical (unpaired) electrons. The van der Waals surface area contributed by atoms with E-state index < -0.39 is 49.1 Å². The molecular weight excluding hydrogens is 568 g/mol. The second kappa shape index (κ2) is 13.4. The summed E-state index contributed by atoms with van der Waals surface area (Å²) >= 11 is 1.29. The van der Waals surface area contributed by atoms with Crippen LogP contribution in [0.2, 0.25) is 0 Å². The van der Waals surface area contributed by atoms with E-state index in [1.165, 1.54) is 35.6 Å². The Hall–Kier alpha value is -4.49. The Morgan fingerprint density at radius 2 is 1.69 bits per heavy atom. The fraction of sp³-hybridized carbons (Fsp3) is 0.276. The largest absolute Gasteiger partial charge is 0.384 e. The van der Waals surface area contributed by atoms with Crippen LogP contribution >= 0.6 is 11.3 Å². The van der Waals surface area contributed by atoms with Crippen LogP contribution in [-0.2, 0) is 14.3 Å². The van der Waals surface area contributed by atoms with E-state index in [2.05, 4.69) is 15.4 Å². The van der Waals surface area contributed by atoms with Crippen molar-refractivity contribution in [2.24, 2.45) is 5.73 Å². The molecule has 2 heterocycles. The number of nitrogen functional groups attached to an aromatic ring is 1. The van der Waals surface area contributed by atoms with Gasteiger partial charge in [-0.05, 0) is 25.1 Å². The molecular formula is C29H29F2N5O5S. The van der Waals surface area contributed by atoms with Crippen LogP contribution in [0.15, 0.2) is 66.0 Å². The van der Waals surface area contributed by atoms with Gasteiger partial charge < -0.3 is 26.0 Å². The molecule has 1 unspecified atom stereocenters. The number of ether oxygens (including phenoxy) is 1. The third-order valence-electron chi connectivity index (χ3n) is 6.74. The molecule has 1 saturated heterocycles. The molecule has 13 heteroatoms. The summed E-state index contributed by atoms with van der Waals surface area (Å²) in [5, 5.41) is 14.5. The van der Waals surface area contributed by atoms with Crippen LogP contribution in [0.25, 0.3) is 0 Å². The first kappa shape index (κ1) is 30.5. The van der Waals surface area contributed by atoms with Crippen molar-refractivity contribution in [1.82, 2.24) is 15.5 Å². The van der Waals surface area contributed by atoms with Crippen LogP contribution in [0.4, 0.5) is 8.78 Å². The third kappa shape index (κ3) is 7.42. The Balaban J connectivity index is 1.38. The highest BCUT2D eigenvalue weighted by Crippen LogP contribution is 2.26. The van der Waals surface area contributed by atoms with Crippen molar-refractivity contribution >= 4 is 40.7 Å². The Morgan fingerprint density at radius 3 is 2.31 bits per heavy atom. The maximum atomic E-state index is 13.1. The summed E-state index contributed by atoms with van der Waals surface area (Å²) in [7, 11) is 0. The first-order chi connectivity index (χ1) is 20.0. The number of hydrogen-bond acceptors (Lipinski definition) is 7. The first-order valence-corrected chi connectivity index (χ1v) is 13.9. The van der Waals surface area contributed by atoms with E-state index in [1.807, 2.05) is 0 Å². The van der Waals surface area contributed by atoms with Gasteiger partial charge in [-0.1, -0.05) is 42.5 Å². The molecule has 0 spiro atoms. The molecule has 0 bridgehead atoms. The SMILES string of the molecule is CC(NC(=O)[C@@H]1C[C@@H](OC(F)F)CN1C(=O)CNC(=O)c1ccc(C(=O)c2ccccc2)cc1)c1cc(C(=N)N)cs1. The van der Waals surface area contributed by atoms with Gasteiger partial charge in [0.25, 0.3) is 5.91 Å². The highest BCUT2D eigenvalue weighted by Gasteiger charge is 2.41. The number of nitrogens with one attached hydrogen (secondary N) is 3. The third-order valence-corrected chi connectivity index (χ3v) is 7.86. The molecule has 3 aromatic rings. The summed E-state index contributed by atoms with van der Waals surface area (Å²) in [6.45, 7) is -2.12. The molecule has 10 nitrogen and oxygen atoms in total. The lowest BCUT2D eigenvalue weighted by Gasteiger charge is -2.25. The Bertz CT molecular complexity index is 1460. The van der Waals surface area contributed by atoms with Gasteiger partial charge in [0.05, 0.1) is 18.7 Å². The lowest BCUT2D eigenvalue weighted by atomic mass is 10.0. The van der Waals surface area contributed by atoms with E-state index in [9.17, 15) is 28.0 Å². The quantitative estimate of drug-likeness (QED) is 0.151. The first-order valence-electron chi connectivity index (χ1n) is 13.0. The number of amides is 3. The van der Waals surface area contributed by atoms with Gasteiger partial charge in [-0.25, -0.2) is 0 Å². The standard InChI is InChI=1S/C29H29F2N5O5S/c1-16(23-11-20(15-42-23)26(32)33)35-28(40)22-12-21(41-29(30)31)14-36(22)24(37)13-34-27(39)19-9-7-18(8-10-19)25(38)17-5-3-2-4-6-17/h2-11,15-16,21-22,29H,12-14H2,1H3,(H3,32,33)(H,34,39)(H,35,40)/t16?,21-,22+/m1/s1. The maximum absolute atomic E-state index is 13.1. The summed E-state index contributed by atoms with van der Waals surface area (Å²) in [6.07, 6.45) is -1.22. The number of thiophene rings is 1. The fourth-order valence-electron chi connectivity index (χ4n) is 4.56. The number of carbonyl (C=O) groups excluding carboxylic acids is 4. The molecule has 2 aromatic carbocycles. The molecule has 0 saturated carbocycles. The molecule has 220 valence electrons. The molecule has 1 aliphatic rings. The predicted octanol–water partition coefficient (Wildman–Crippen LogP) is 3.08. The summed E-state index contributed by atoms with van der Waals surface area (Å²) in [4.78, 5) is 53.3. The van der Waals surface area contributed by atoms with Crippen molar-refractivity contribution in [2.75, 3.05) is 13.1 Å². The highest BCUT2D eigenvalue weighted by molar-refractivity contribution is 7.10. The monoisotopic (exact) mass is 597 g/mol. The van der Waals surface area contributed by atoms with Gasteiger partial charge in [0, 0.05) is 45.5 Å². The van der Waals surface area contributed by atoms with E-state index in [0.717, 1.165) is 4.90 Å². The van der Waals surface area contributed by atoms with Gasteiger partial charge in [0.15, 0.2) is 5.78 Å². The molecule has 5 N–H and O–H groups in total. The minimum absolute atomic E-state index is 0.116. The number of amidine groups is 1. The Morgan fingerprint density at radius 1 is 1.05 bits per heavy atom. The fourth-order valence-corrected chi connectivity index (χ4v) is 5.47. The summed E-state index contributed by atoms with van der Waals surface area (Å²) < 4.78 is 30.4. The minimum atomic E-state index is -3.08. The zero-order valence-electron chi connectivity index (χ0n) is 22.5. The number of hydrogen-bond donors (Lipinski definition) is 4. The summed E-state index contributed by atoms with van der Waals surface area (Å²) in [5.74, 6) is -2.13. The van der Waals surface area contributed by atoms with Crippen LogP contribution in [0.1, 0.15) is 56.1 Å². The van der Waals surface area contributed by atoms with Crippen LogP contribution in [-0.4, -0.2) is 66.1 Å². The number of nitrogens with zero attached hydrogens (tertiary/aromatic N) is 1. The molecule has 1 aromatic heterocycles. The van der Waals surface area contributed by atoms with Crippen molar-refractivity contribution in [3.05, 3.63) is 93.2 Å². The molecule has 1 fully saturated rings. The zero-order chi connectivity index (χ0) is 30.4. The number of ketones is 1. The molecule has 1 aliphatic heterocycles. The summed E-state index contributed by atoms with van der Waals surface area (Å²) in [5.41, 5.74) is 7.11. The van der Waals surface area contributed by atoms with Crippen LogP contribution < -0.4 is 16.4 Å². The topological polar surface area (TPSA) is 155 Å². The second-order valence-electron chi connectivity index (χ2n) is 9.65. The number of halogens is 2. The predicted molar refractivity (Wildman–Crippen MR) is 152 cm³/mol. The van der Waals surface area contributed by atoms with Gasteiger partial charge in [0.1, 0.15) is 11.9 Å². The van der Waals surface area contributed by atoms with E-state index >= 15 is 0 Å². The average Bonchev–Trinajstić information content (AvgIpc) is 3.64. The van der Waals surface area contributed by atoms with E-state index in [-0.39, 0.29) is 30.1 Å². The van der Waals surface area contributed by atoms with Gasteiger partial charge in [-0.3, -0.25) is 24.6 Å². The second-order valence-corrected chi connectivity index (χ2v) is 10.6. The van der Waals surface area contributed by atoms with Gasteiger partial charge in [0.2, 0.25) is 11.8 Å². The lowest BCUT2D eigenvalue weighted by Crippen LogP contribution is -2.49. The van der Waals surface area contributed by atoms with E-state index in [0.29, 0.717) is 21.6 Å². The van der Waals surface area contributed by atoms with Crippen LogP contribution in [0.3, 0.4) is 0 Å². The highest BCUT2D eigenvalue weighted by atomic mass is 32.1. The Labute approximate surface area is 244 Å².